The van der Waals surface area contributed by atoms with Crippen LogP contribution in [-0.2, 0) is 6.42 Å². The number of benzene rings is 1. The van der Waals surface area contributed by atoms with Gasteiger partial charge >= 0.3 is 0 Å². The van der Waals surface area contributed by atoms with Crippen LogP contribution in [0.3, 0.4) is 0 Å². The van der Waals surface area contributed by atoms with E-state index in [2.05, 4.69) is 38.9 Å². The lowest BCUT2D eigenvalue weighted by Gasteiger charge is -2.15. The maximum Gasteiger partial charge on any atom is 0.119 e. The Balaban J connectivity index is 2.14. The standard InChI is InChI=1S/C13H15BrN2OS/c1-17-11-4-2-3-9(5-11)6-12(16-15)10-7-13(14)18-8-10/h2-5,7-8,12,16H,6,15H2,1H3. The van der Waals surface area contributed by atoms with Gasteiger partial charge in [-0.15, -0.1) is 11.3 Å². The molecule has 0 aliphatic carbocycles. The number of thiophene rings is 1. The molecule has 0 aliphatic heterocycles. The minimum absolute atomic E-state index is 0.111. The highest BCUT2D eigenvalue weighted by atomic mass is 79.9. The van der Waals surface area contributed by atoms with Gasteiger partial charge in [-0.1, -0.05) is 12.1 Å². The van der Waals surface area contributed by atoms with Crippen LogP contribution < -0.4 is 16.0 Å². The summed E-state index contributed by atoms with van der Waals surface area (Å²) in [5.41, 5.74) is 5.25. The van der Waals surface area contributed by atoms with E-state index in [1.54, 1.807) is 18.4 Å². The largest absolute Gasteiger partial charge is 0.497 e. The van der Waals surface area contributed by atoms with Gasteiger partial charge in [-0.25, -0.2) is 0 Å². The van der Waals surface area contributed by atoms with Crippen LogP contribution in [0.5, 0.6) is 5.75 Å². The molecule has 0 amide bonds. The molecule has 0 spiro atoms. The van der Waals surface area contributed by atoms with Crippen LogP contribution in [0.15, 0.2) is 39.5 Å². The number of ether oxygens (including phenoxy) is 1. The van der Waals surface area contributed by atoms with E-state index in [0.717, 1.165) is 16.0 Å². The Morgan fingerprint density at radius 1 is 1.44 bits per heavy atom. The molecule has 96 valence electrons. The topological polar surface area (TPSA) is 47.3 Å². The summed E-state index contributed by atoms with van der Waals surface area (Å²) in [6.45, 7) is 0. The summed E-state index contributed by atoms with van der Waals surface area (Å²) in [6.07, 6.45) is 0.830. The molecule has 18 heavy (non-hydrogen) atoms. The van der Waals surface area contributed by atoms with Crippen molar-refractivity contribution in [3.8, 4) is 5.75 Å². The predicted octanol–water partition coefficient (Wildman–Crippen LogP) is 3.27. The second kappa shape index (κ2) is 6.33. The van der Waals surface area contributed by atoms with Crippen LogP contribution in [0.2, 0.25) is 0 Å². The van der Waals surface area contributed by atoms with E-state index in [-0.39, 0.29) is 6.04 Å². The van der Waals surface area contributed by atoms with Crippen molar-refractivity contribution in [2.24, 2.45) is 5.84 Å². The van der Waals surface area contributed by atoms with Crippen molar-refractivity contribution in [3.05, 3.63) is 50.6 Å². The Hall–Kier alpha value is -0.880. The molecule has 2 rings (SSSR count). The number of methoxy groups -OCH3 is 1. The minimum Gasteiger partial charge on any atom is -0.497 e. The van der Waals surface area contributed by atoms with Gasteiger partial charge in [0.1, 0.15) is 5.75 Å². The summed E-state index contributed by atoms with van der Waals surface area (Å²) in [5.74, 6) is 6.51. The summed E-state index contributed by atoms with van der Waals surface area (Å²) in [6, 6.07) is 10.2. The van der Waals surface area contributed by atoms with Gasteiger partial charge in [-0.2, -0.15) is 0 Å². The molecule has 1 atom stereocenters. The van der Waals surface area contributed by atoms with Crippen molar-refractivity contribution in [2.75, 3.05) is 7.11 Å². The van der Waals surface area contributed by atoms with Gasteiger partial charge in [0.05, 0.1) is 16.9 Å². The highest BCUT2D eigenvalue weighted by molar-refractivity contribution is 9.11. The van der Waals surface area contributed by atoms with Gasteiger partial charge in [0.2, 0.25) is 0 Å². The molecule has 0 saturated carbocycles. The first-order valence-corrected chi connectivity index (χ1v) is 7.23. The molecular formula is C13H15BrN2OS. The van der Waals surface area contributed by atoms with Gasteiger partial charge < -0.3 is 4.74 Å². The summed E-state index contributed by atoms with van der Waals surface area (Å²) < 4.78 is 6.34. The number of rotatable bonds is 5. The number of nitrogens with two attached hydrogens (primary N) is 1. The van der Waals surface area contributed by atoms with E-state index in [0.29, 0.717) is 0 Å². The summed E-state index contributed by atoms with van der Waals surface area (Å²) >= 11 is 5.13. The second-order valence-electron chi connectivity index (χ2n) is 3.96. The van der Waals surface area contributed by atoms with Gasteiger partial charge in [0.15, 0.2) is 0 Å². The Morgan fingerprint density at radius 3 is 2.89 bits per heavy atom. The third-order valence-corrected chi connectivity index (χ3v) is 4.29. The highest BCUT2D eigenvalue weighted by Gasteiger charge is 2.12. The molecule has 0 saturated heterocycles. The third-order valence-electron chi connectivity index (χ3n) is 2.77. The number of halogens is 1. The normalized spacial score (nSPS) is 12.4. The van der Waals surface area contributed by atoms with Crippen molar-refractivity contribution in [3.63, 3.8) is 0 Å². The molecule has 3 nitrogen and oxygen atoms in total. The van der Waals surface area contributed by atoms with E-state index in [9.17, 15) is 0 Å². The van der Waals surface area contributed by atoms with Crippen molar-refractivity contribution in [1.82, 2.24) is 5.43 Å². The van der Waals surface area contributed by atoms with Crippen LogP contribution >= 0.6 is 27.3 Å². The average molecular weight is 327 g/mol. The molecule has 0 aliphatic rings. The number of hydrazine groups is 1. The zero-order valence-electron chi connectivity index (χ0n) is 10.0. The number of nitrogens with one attached hydrogen (secondary N) is 1. The molecule has 0 radical (unpaired) electrons. The SMILES string of the molecule is COc1cccc(CC(NN)c2csc(Br)c2)c1. The first-order valence-electron chi connectivity index (χ1n) is 5.56. The molecule has 1 unspecified atom stereocenters. The van der Waals surface area contributed by atoms with Crippen LogP contribution in [0, 0.1) is 0 Å². The molecular weight excluding hydrogens is 312 g/mol. The van der Waals surface area contributed by atoms with Crippen LogP contribution in [0.4, 0.5) is 0 Å². The smallest absolute Gasteiger partial charge is 0.119 e. The van der Waals surface area contributed by atoms with Crippen LogP contribution in [-0.4, -0.2) is 7.11 Å². The molecule has 2 aromatic rings. The van der Waals surface area contributed by atoms with Gasteiger partial charge in [-0.3, -0.25) is 11.3 Å². The lowest BCUT2D eigenvalue weighted by atomic mass is 10.0. The number of hydrogen-bond donors (Lipinski definition) is 2. The lowest BCUT2D eigenvalue weighted by molar-refractivity contribution is 0.414. The van der Waals surface area contributed by atoms with Crippen molar-refractivity contribution in [1.29, 1.82) is 0 Å². The van der Waals surface area contributed by atoms with E-state index >= 15 is 0 Å². The molecule has 0 fully saturated rings. The van der Waals surface area contributed by atoms with Crippen molar-refractivity contribution < 1.29 is 4.74 Å². The Labute approximate surface area is 119 Å². The predicted molar refractivity (Wildman–Crippen MR) is 78.8 cm³/mol. The maximum atomic E-state index is 5.64. The molecule has 0 bridgehead atoms. The zero-order valence-corrected chi connectivity index (χ0v) is 12.4. The zero-order chi connectivity index (χ0) is 13.0. The van der Waals surface area contributed by atoms with Crippen molar-refractivity contribution in [2.45, 2.75) is 12.5 Å². The summed E-state index contributed by atoms with van der Waals surface area (Å²) in [7, 11) is 1.67. The second-order valence-corrected chi connectivity index (χ2v) is 6.25. The van der Waals surface area contributed by atoms with E-state index in [1.165, 1.54) is 11.1 Å². The average Bonchev–Trinajstić information content (AvgIpc) is 2.82. The third kappa shape index (κ3) is 3.32. The quantitative estimate of drug-likeness (QED) is 0.654. The Morgan fingerprint density at radius 2 is 2.28 bits per heavy atom. The molecule has 1 aromatic carbocycles. The fraction of sp³-hybridized carbons (Fsp3) is 0.231. The Bertz CT molecular complexity index is 515. The summed E-state index contributed by atoms with van der Waals surface area (Å²) in [4.78, 5) is 0. The van der Waals surface area contributed by atoms with Crippen molar-refractivity contribution >= 4 is 27.3 Å². The molecule has 3 N–H and O–H groups in total. The first kappa shape index (κ1) is 13.5. The fourth-order valence-corrected chi connectivity index (χ4v) is 3.04. The lowest BCUT2D eigenvalue weighted by Crippen LogP contribution is -2.29. The monoisotopic (exact) mass is 326 g/mol. The van der Waals surface area contributed by atoms with Gasteiger partial charge in [-0.05, 0) is 57.1 Å². The van der Waals surface area contributed by atoms with Crippen LogP contribution in [0.1, 0.15) is 17.2 Å². The maximum absolute atomic E-state index is 5.64. The van der Waals surface area contributed by atoms with E-state index in [4.69, 9.17) is 10.6 Å². The number of hydrogen-bond acceptors (Lipinski definition) is 4. The molecule has 1 aromatic heterocycles. The van der Waals surface area contributed by atoms with Gasteiger partial charge in [0, 0.05) is 0 Å². The van der Waals surface area contributed by atoms with Crippen LogP contribution in [0.25, 0.3) is 0 Å². The Kier molecular flexibility index (Phi) is 4.77. The van der Waals surface area contributed by atoms with E-state index in [1.807, 2.05) is 18.2 Å². The van der Waals surface area contributed by atoms with Gasteiger partial charge in [0.25, 0.3) is 0 Å². The highest BCUT2D eigenvalue weighted by Crippen LogP contribution is 2.27. The summed E-state index contributed by atoms with van der Waals surface area (Å²) in [5, 5.41) is 2.11. The minimum atomic E-state index is 0.111. The first-order chi connectivity index (χ1) is 8.72. The molecule has 5 heteroatoms. The fourth-order valence-electron chi connectivity index (χ4n) is 1.81. The molecule has 1 heterocycles. The van der Waals surface area contributed by atoms with E-state index < -0.39 is 0 Å².